The molecule has 0 saturated carbocycles. The van der Waals surface area contributed by atoms with Gasteiger partial charge < -0.3 is 10.6 Å². The predicted octanol–water partition coefficient (Wildman–Crippen LogP) is 8.92. The normalized spacial score (nSPS) is 12.7. The van der Waals surface area contributed by atoms with Crippen molar-refractivity contribution >= 4 is 59.9 Å². The molecule has 0 aliphatic rings. The van der Waals surface area contributed by atoms with Crippen LogP contribution in [0.2, 0.25) is 0 Å². The number of anilines is 1. The molecular weight excluding hydrogens is 722 g/mol. The van der Waals surface area contributed by atoms with Crippen LogP contribution >= 0.6 is 27.3 Å². The molecule has 2 aromatic heterocycles. The number of carbonyl (C=O) groups excluding carboxylic acids is 2. The minimum atomic E-state index is -5.06. The van der Waals surface area contributed by atoms with Gasteiger partial charge in [-0.1, -0.05) is 69.7 Å². The molecule has 0 bridgehead atoms. The molecule has 0 aliphatic carbocycles. The maximum Gasteiger partial charge on any atom is 0.416 e. The van der Waals surface area contributed by atoms with Crippen molar-refractivity contribution in [2.45, 2.75) is 31.2 Å². The Balaban J connectivity index is 1.19. The minimum absolute atomic E-state index is 0.00492. The summed E-state index contributed by atoms with van der Waals surface area (Å²) in [5, 5.41) is 5.23. The average Bonchev–Trinajstić information content (AvgIpc) is 3.58. The number of amides is 2. The van der Waals surface area contributed by atoms with Gasteiger partial charge >= 0.3 is 12.4 Å². The summed E-state index contributed by atoms with van der Waals surface area (Å²) in [5.41, 5.74) is 0.0547. The van der Waals surface area contributed by atoms with Crippen LogP contribution in [0.15, 0.2) is 102 Å². The second kappa shape index (κ2) is 13.1. The van der Waals surface area contributed by atoms with Gasteiger partial charge in [-0.05, 0) is 59.7 Å². The van der Waals surface area contributed by atoms with Gasteiger partial charge in [0, 0.05) is 28.3 Å². The smallest absolute Gasteiger partial charge is 0.344 e. The number of benzene rings is 4. The first-order valence-corrected chi connectivity index (χ1v) is 15.9. The van der Waals surface area contributed by atoms with E-state index in [-0.39, 0.29) is 12.5 Å². The van der Waals surface area contributed by atoms with E-state index in [9.17, 15) is 35.9 Å². The SMILES string of the molecule is O=C(Cc1cc(C(F)(F)F)cc(C(F)(F)F)c1)N[C@@H](Cc1ccccc1)C(=O)Nc1ccc(-c2cn3c(n2)sc2cc(Br)ccc23)cc1. The molecule has 0 radical (unpaired) electrons. The Morgan fingerprint density at radius 2 is 1.50 bits per heavy atom. The minimum Gasteiger partial charge on any atom is -0.344 e. The summed E-state index contributed by atoms with van der Waals surface area (Å²) >= 11 is 5.02. The number of nitrogens with one attached hydrogen (secondary N) is 2. The number of rotatable bonds is 8. The zero-order chi connectivity index (χ0) is 34.2. The quantitative estimate of drug-likeness (QED) is 0.153. The van der Waals surface area contributed by atoms with Crippen molar-refractivity contribution in [3.63, 3.8) is 0 Å². The third-order valence-corrected chi connectivity index (χ3v) is 8.96. The Bertz CT molecular complexity index is 2090. The first-order chi connectivity index (χ1) is 22.7. The molecule has 2 N–H and O–H groups in total. The Labute approximate surface area is 281 Å². The largest absolute Gasteiger partial charge is 0.416 e. The lowest BCUT2D eigenvalue weighted by molar-refractivity contribution is -0.143. The molecular formula is C34H23BrF6N4O2S. The van der Waals surface area contributed by atoms with Crippen LogP contribution in [0.3, 0.4) is 0 Å². The van der Waals surface area contributed by atoms with Gasteiger partial charge in [0.05, 0.1) is 33.5 Å². The van der Waals surface area contributed by atoms with E-state index in [2.05, 4.69) is 26.6 Å². The number of hydrogen-bond acceptors (Lipinski definition) is 4. The number of imidazole rings is 1. The highest BCUT2D eigenvalue weighted by Crippen LogP contribution is 2.36. The Morgan fingerprint density at radius 3 is 2.15 bits per heavy atom. The van der Waals surface area contributed by atoms with E-state index < -0.39 is 53.3 Å². The average molecular weight is 746 g/mol. The maximum absolute atomic E-state index is 13.4. The summed E-state index contributed by atoms with van der Waals surface area (Å²) in [6, 6.07) is 21.3. The van der Waals surface area contributed by atoms with Crippen molar-refractivity contribution in [1.29, 1.82) is 0 Å². The number of fused-ring (bicyclic) bond motifs is 3. The summed E-state index contributed by atoms with van der Waals surface area (Å²) in [5.74, 6) is -1.55. The van der Waals surface area contributed by atoms with Crippen molar-refractivity contribution < 1.29 is 35.9 Å². The molecule has 6 rings (SSSR count). The van der Waals surface area contributed by atoms with Crippen molar-refractivity contribution in [1.82, 2.24) is 14.7 Å². The summed E-state index contributed by atoms with van der Waals surface area (Å²) < 4.78 is 84.1. The van der Waals surface area contributed by atoms with Gasteiger partial charge in [0.1, 0.15) is 6.04 Å². The molecule has 6 aromatic rings. The highest BCUT2D eigenvalue weighted by atomic mass is 79.9. The summed E-state index contributed by atoms with van der Waals surface area (Å²) in [6.45, 7) is 0. The van der Waals surface area contributed by atoms with Gasteiger partial charge in [-0.3, -0.25) is 14.0 Å². The highest BCUT2D eigenvalue weighted by Gasteiger charge is 2.37. The van der Waals surface area contributed by atoms with Crippen LogP contribution in [0.5, 0.6) is 0 Å². The number of nitrogens with zero attached hydrogens (tertiary/aromatic N) is 2. The molecule has 14 heteroatoms. The van der Waals surface area contributed by atoms with Crippen LogP contribution in [-0.2, 0) is 34.8 Å². The van der Waals surface area contributed by atoms with Crippen LogP contribution in [0.25, 0.3) is 26.4 Å². The van der Waals surface area contributed by atoms with E-state index in [4.69, 9.17) is 4.98 Å². The molecule has 48 heavy (non-hydrogen) atoms. The van der Waals surface area contributed by atoms with Gasteiger partial charge in [0.15, 0.2) is 4.96 Å². The Morgan fingerprint density at radius 1 is 0.833 bits per heavy atom. The zero-order valence-corrected chi connectivity index (χ0v) is 26.9. The lowest BCUT2D eigenvalue weighted by atomic mass is 10.0. The van der Waals surface area contributed by atoms with Crippen molar-refractivity contribution in [2.75, 3.05) is 5.32 Å². The van der Waals surface area contributed by atoms with Gasteiger partial charge in [-0.2, -0.15) is 26.3 Å². The molecule has 0 saturated heterocycles. The number of thiazole rings is 1. The van der Waals surface area contributed by atoms with Gasteiger partial charge in [-0.25, -0.2) is 4.98 Å². The Hall–Kier alpha value is -4.69. The molecule has 0 aliphatic heterocycles. The third-order valence-electron chi connectivity index (χ3n) is 7.45. The van der Waals surface area contributed by atoms with Crippen molar-refractivity contribution in [3.8, 4) is 11.3 Å². The van der Waals surface area contributed by atoms with Crippen LogP contribution in [0, 0.1) is 0 Å². The molecule has 6 nitrogen and oxygen atoms in total. The van der Waals surface area contributed by atoms with Gasteiger partial charge in [0.2, 0.25) is 11.8 Å². The standard InChI is InChI=1S/C34H23BrF6N4O2S/c35-24-8-11-28-29(17-24)48-32-44-27(18-45(28)32)21-6-9-25(10-7-21)42-31(47)26(14-19-4-2-1-3-5-19)43-30(46)15-20-12-22(33(36,37)38)16-23(13-20)34(39,40)41/h1-13,16-18,26H,14-15H2,(H,42,47)(H,43,46)/t26-/m0/s1. The summed E-state index contributed by atoms with van der Waals surface area (Å²) in [4.78, 5) is 31.9. The first kappa shape index (κ1) is 33.2. The van der Waals surface area contributed by atoms with Crippen LogP contribution in [0.4, 0.5) is 32.0 Å². The number of hydrogen-bond donors (Lipinski definition) is 2. The van der Waals surface area contributed by atoms with E-state index in [1.54, 1.807) is 65.9 Å². The number of halogens is 7. The van der Waals surface area contributed by atoms with E-state index in [1.165, 1.54) is 0 Å². The molecule has 1 atom stereocenters. The number of alkyl halides is 6. The molecule has 0 fully saturated rings. The summed E-state index contributed by atoms with van der Waals surface area (Å²) in [6.07, 6.45) is -8.99. The van der Waals surface area contributed by atoms with E-state index in [1.807, 2.05) is 28.8 Å². The van der Waals surface area contributed by atoms with Gasteiger partial charge in [-0.15, -0.1) is 0 Å². The number of carbonyl (C=O) groups is 2. The van der Waals surface area contributed by atoms with Crippen molar-refractivity contribution in [2.24, 2.45) is 0 Å². The van der Waals surface area contributed by atoms with Gasteiger partial charge in [0.25, 0.3) is 0 Å². The third kappa shape index (κ3) is 7.55. The second-order valence-electron chi connectivity index (χ2n) is 11.0. The predicted molar refractivity (Wildman–Crippen MR) is 175 cm³/mol. The molecule has 246 valence electrons. The molecule has 0 unspecified atom stereocenters. The van der Waals surface area contributed by atoms with Crippen molar-refractivity contribution in [3.05, 3.63) is 124 Å². The van der Waals surface area contributed by atoms with Crippen LogP contribution < -0.4 is 10.6 Å². The van der Waals surface area contributed by atoms with Crippen LogP contribution in [0.1, 0.15) is 22.3 Å². The maximum atomic E-state index is 13.4. The van der Waals surface area contributed by atoms with E-state index in [0.717, 1.165) is 30.9 Å². The highest BCUT2D eigenvalue weighted by molar-refractivity contribution is 9.10. The summed E-state index contributed by atoms with van der Waals surface area (Å²) in [7, 11) is 0. The van der Waals surface area contributed by atoms with E-state index in [0.29, 0.717) is 23.4 Å². The lowest BCUT2D eigenvalue weighted by Crippen LogP contribution is -2.45. The molecule has 2 heterocycles. The zero-order valence-electron chi connectivity index (χ0n) is 24.5. The fraction of sp³-hybridized carbons (Fsp3) is 0.147. The lowest BCUT2D eigenvalue weighted by Gasteiger charge is -2.19. The fourth-order valence-corrected chi connectivity index (χ4v) is 6.74. The molecule has 2 amide bonds. The van der Waals surface area contributed by atoms with Crippen LogP contribution in [-0.4, -0.2) is 27.2 Å². The topological polar surface area (TPSA) is 75.5 Å². The molecule has 0 spiro atoms. The number of aromatic nitrogens is 2. The fourth-order valence-electron chi connectivity index (χ4n) is 5.18. The molecule has 4 aromatic carbocycles. The Kier molecular flexibility index (Phi) is 9.05. The first-order valence-electron chi connectivity index (χ1n) is 14.3. The van der Waals surface area contributed by atoms with E-state index >= 15 is 0 Å². The monoisotopic (exact) mass is 744 g/mol. The second-order valence-corrected chi connectivity index (χ2v) is 12.9.